The lowest BCUT2D eigenvalue weighted by Crippen LogP contribution is -2.11. The van der Waals surface area contributed by atoms with Gasteiger partial charge in [0.25, 0.3) is 0 Å². The van der Waals surface area contributed by atoms with Crippen LogP contribution in [0.1, 0.15) is 0 Å². The molecule has 10 heteroatoms. The predicted molar refractivity (Wildman–Crippen MR) is 365 cm³/mol. The third-order valence-corrected chi connectivity index (χ3v) is 17.8. The third-order valence-electron chi connectivity index (χ3n) is 17.8. The zero-order valence-electron chi connectivity index (χ0n) is 47.9. The van der Waals surface area contributed by atoms with Crippen LogP contribution in [-0.2, 0) is 0 Å². The molecule has 11 aromatic carbocycles. The minimum atomic E-state index is 0.522. The Balaban J connectivity index is 0.742. The molecule has 0 radical (unpaired) electrons. The SMILES string of the molecule is c1ccc(-c2ccc(N(c3cnc4oc5ccccc5c4c3)c3ccnc4c3oc3cc(-c5ccc6c(n5)oc5ccc(N(c7cc(-c8ccc9ccccc9c8)c8ccccc8c7)c7ccnc8oc9ccccc9c78)cc56)ccc34)c3ccccc23)cc1. The van der Waals surface area contributed by atoms with Crippen LogP contribution in [0.5, 0.6) is 0 Å². The molecule has 0 atom stereocenters. The van der Waals surface area contributed by atoms with Crippen molar-refractivity contribution in [2.24, 2.45) is 0 Å². The molecular weight excluding hydrogens is 1110 g/mol. The lowest BCUT2D eigenvalue weighted by Gasteiger charge is -2.27. The predicted octanol–water partition coefficient (Wildman–Crippen LogP) is 22.3. The van der Waals surface area contributed by atoms with Crippen molar-refractivity contribution in [2.45, 2.75) is 0 Å². The van der Waals surface area contributed by atoms with E-state index in [1.807, 2.05) is 67.1 Å². The first-order valence-corrected chi connectivity index (χ1v) is 30.0. The van der Waals surface area contributed by atoms with Crippen LogP contribution in [0.15, 0.2) is 297 Å². The van der Waals surface area contributed by atoms with Crippen LogP contribution in [0.4, 0.5) is 34.1 Å². The van der Waals surface area contributed by atoms with Crippen LogP contribution in [0.25, 0.3) is 154 Å². The maximum atomic E-state index is 7.07. The first-order valence-electron chi connectivity index (χ1n) is 30.0. The highest BCUT2D eigenvalue weighted by Crippen LogP contribution is 2.49. The second kappa shape index (κ2) is 19.6. The molecule has 0 aliphatic carbocycles. The minimum Gasteiger partial charge on any atom is -0.452 e. The molecule has 19 aromatic rings. The highest BCUT2D eigenvalue weighted by Gasteiger charge is 2.27. The fourth-order valence-electron chi connectivity index (χ4n) is 13.7. The Morgan fingerprint density at radius 2 is 0.978 bits per heavy atom. The van der Waals surface area contributed by atoms with Gasteiger partial charge in [-0.1, -0.05) is 164 Å². The van der Waals surface area contributed by atoms with Crippen LogP contribution < -0.4 is 9.80 Å². The Morgan fingerprint density at radius 1 is 0.289 bits per heavy atom. The molecule has 0 unspecified atom stereocenters. The Bertz CT molecular complexity index is 6160. The molecule has 90 heavy (non-hydrogen) atoms. The Labute approximate surface area is 512 Å². The van der Waals surface area contributed by atoms with Gasteiger partial charge >= 0.3 is 0 Å². The topological polar surface area (TPSA) is 111 Å². The van der Waals surface area contributed by atoms with Crippen molar-refractivity contribution in [3.63, 3.8) is 0 Å². The van der Waals surface area contributed by atoms with Crippen molar-refractivity contribution in [3.8, 4) is 33.5 Å². The average molecular weight is 1160 g/mol. The van der Waals surface area contributed by atoms with Gasteiger partial charge in [-0.25, -0.2) is 15.0 Å². The van der Waals surface area contributed by atoms with E-state index in [4.69, 9.17) is 37.6 Å². The quantitative estimate of drug-likeness (QED) is 0.139. The molecule has 0 aliphatic rings. The number of benzene rings is 11. The summed E-state index contributed by atoms with van der Waals surface area (Å²) in [6.07, 6.45) is 5.57. The smallest absolute Gasteiger partial charge is 0.229 e. The normalized spacial score (nSPS) is 12.0. The molecular formula is C80H46N6O4. The first-order chi connectivity index (χ1) is 44.6. The number of hydrogen-bond acceptors (Lipinski definition) is 10. The van der Waals surface area contributed by atoms with Crippen LogP contribution in [0.3, 0.4) is 0 Å². The second-order valence-corrected chi connectivity index (χ2v) is 22.9. The molecule has 0 saturated carbocycles. The van der Waals surface area contributed by atoms with Gasteiger partial charge in [0.1, 0.15) is 27.8 Å². The number of furan rings is 4. The number of pyridine rings is 4. The van der Waals surface area contributed by atoms with Gasteiger partial charge in [-0.3, -0.25) is 4.98 Å². The Kier molecular flexibility index (Phi) is 10.8. The lowest BCUT2D eigenvalue weighted by atomic mass is 9.95. The highest BCUT2D eigenvalue weighted by atomic mass is 16.3. The molecule has 0 saturated heterocycles. The molecule has 420 valence electrons. The van der Waals surface area contributed by atoms with Gasteiger partial charge in [0.2, 0.25) is 17.1 Å². The molecule has 0 amide bonds. The fraction of sp³-hybridized carbons (Fsp3) is 0. The van der Waals surface area contributed by atoms with Gasteiger partial charge in [-0.2, -0.15) is 0 Å². The molecule has 10 nitrogen and oxygen atoms in total. The molecule has 0 spiro atoms. The molecule has 0 aliphatic heterocycles. The summed E-state index contributed by atoms with van der Waals surface area (Å²) in [4.78, 5) is 24.5. The number of hydrogen-bond donors (Lipinski definition) is 0. The number of rotatable bonds is 9. The van der Waals surface area contributed by atoms with E-state index in [2.05, 4.69) is 222 Å². The molecule has 19 rings (SSSR count). The summed E-state index contributed by atoms with van der Waals surface area (Å²) in [6, 6.07) is 91.2. The summed E-state index contributed by atoms with van der Waals surface area (Å²) >= 11 is 0. The Hall–Kier alpha value is -12.4. The van der Waals surface area contributed by atoms with E-state index in [0.29, 0.717) is 28.3 Å². The van der Waals surface area contributed by atoms with Crippen molar-refractivity contribution in [2.75, 3.05) is 9.80 Å². The van der Waals surface area contributed by atoms with Gasteiger partial charge in [-0.05, 0) is 146 Å². The monoisotopic (exact) mass is 1150 g/mol. The van der Waals surface area contributed by atoms with Gasteiger partial charge in [0.05, 0.1) is 45.4 Å². The Morgan fingerprint density at radius 3 is 1.87 bits per heavy atom. The van der Waals surface area contributed by atoms with Gasteiger partial charge in [-0.15, -0.1) is 0 Å². The van der Waals surface area contributed by atoms with Gasteiger partial charge in [0, 0.05) is 61.6 Å². The van der Waals surface area contributed by atoms with Crippen LogP contribution in [0, 0.1) is 0 Å². The van der Waals surface area contributed by atoms with Crippen molar-refractivity contribution in [1.82, 2.24) is 19.9 Å². The van der Waals surface area contributed by atoms with Crippen LogP contribution in [-0.4, -0.2) is 19.9 Å². The highest BCUT2D eigenvalue weighted by molar-refractivity contribution is 6.16. The van der Waals surface area contributed by atoms with E-state index in [0.717, 1.165) is 149 Å². The van der Waals surface area contributed by atoms with E-state index in [-0.39, 0.29) is 0 Å². The maximum Gasteiger partial charge on any atom is 0.229 e. The zero-order chi connectivity index (χ0) is 59.0. The summed E-state index contributed by atoms with van der Waals surface area (Å²) in [5.74, 6) is 0. The zero-order valence-corrected chi connectivity index (χ0v) is 47.9. The average Bonchev–Trinajstić information content (AvgIpc) is 1.58. The molecule has 8 heterocycles. The number of fused-ring (bicyclic) bond motifs is 15. The maximum absolute atomic E-state index is 7.07. The molecule has 8 aromatic heterocycles. The number of para-hydroxylation sites is 2. The lowest BCUT2D eigenvalue weighted by molar-refractivity contribution is 0.653. The van der Waals surface area contributed by atoms with E-state index in [9.17, 15) is 0 Å². The standard InChI is InChI=1S/C80H46N6O4/c1-2-15-48(16-3-1)57-32-34-68(59-21-9-8-20-58(57)59)86(55-45-66-60-22-10-12-24-71(60)88-78(66)83-46-55)70-37-38-81-76-63-30-28-52(42-74(63)87-77(70)76)67-33-31-61-65-43-53(29-35-73(65)89-79(61)84-67)85(69-36-39-82-80-75(69)62-23-11-13-25-72(62)90-80)54-41-50-18-6-7-19-56(50)64(44-54)51-27-26-47-14-4-5-17-49(47)40-51/h1-46H. The van der Waals surface area contributed by atoms with Gasteiger partial charge < -0.3 is 27.5 Å². The van der Waals surface area contributed by atoms with Crippen LogP contribution in [0.2, 0.25) is 0 Å². The molecule has 0 N–H and O–H groups in total. The van der Waals surface area contributed by atoms with Crippen molar-refractivity contribution in [3.05, 3.63) is 279 Å². The summed E-state index contributed by atoms with van der Waals surface area (Å²) in [5, 5.41) is 13.3. The molecule has 0 fully saturated rings. The summed E-state index contributed by atoms with van der Waals surface area (Å²) in [7, 11) is 0. The van der Waals surface area contributed by atoms with Gasteiger partial charge in [0.15, 0.2) is 5.58 Å². The van der Waals surface area contributed by atoms with Crippen molar-refractivity contribution < 1.29 is 17.7 Å². The van der Waals surface area contributed by atoms with E-state index in [1.54, 1.807) is 0 Å². The fourth-order valence-corrected chi connectivity index (χ4v) is 13.7. The molecule has 0 bridgehead atoms. The second-order valence-electron chi connectivity index (χ2n) is 22.9. The number of aromatic nitrogens is 4. The van der Waals surface area contributed by atoms with E-state index < -0.39 is 0 Å². The number of anilines is 6. The summed E-state index contributed by atoms with van der Waals surface area (Å²) in [6.45, 7) is 0. The minimum absolute atomic E-state index is 0.522. The van der Waals surface area contributed by atoms with Crippen molar-refractivity contribution in [1.29, 1.82) is 0 Å². The summed E-state index contributed by atoms with van der Waals surface area (Å²) in [5.41, 5.74) is 17.5. The van der Waals surface area contributed by atoms with E-state index in [1.165, 1.54) is 10.8 Å². The third kappa shape index (κ3) is 7.78. The van der Waals surface area contributed by atoms with E-state index >= 15 is 0 Å². The first kappa shape index (κ1) is 49.8. The van der Waals surface area contributed by atoms with Crippen LogP contribution >= 0.6 is 0 Å². The summed E-state index contributed by atoms with van der Waals surface area (Å²) < 4.78 is 26.5. The largest absolute Gasteiger partial charge is 0.452 e. The van der Waals surface area contributed by atoms with Crippen molar-refractivity contribution >= 4 is 155 Å². The number of nitrogens with zero attached hydrogens (tertiary/aromatic N) is 6.